The number of sulfone groups is 1. The van der Waals surface area contributed by atoms with Crippen LogP contribution in [0.1, 0.15) is 5.56 Å². The average molecular weight is 1230 g/mol. The van der Waals surface area contributed by atoms with Gasteiger partial charge in [-0.05, 0) is 77.7 Å². The summed E-state index contributed by atoms with van der Waals surface area (Å²) in [5.74, 6) is -3.14. The molecule has 7 aromatic rings. The Morgan fingerprint density at radius 2 is 1.18 bits per heavy atom. The van der Waals surface area contributed by atoms with Crippen molar-refractivity contribution < 1.29 is 81.6 Å². The van der Waals surface area contributed by atoms with E-state index in [0.717, 1.165) is 70.9 Å². The standard InChI is InChI=1S/C43H41ClN10O19S6/c1-69-16-17-74(56,57)27-9-6-8-25(20-27)46-42-48-41(44)49-43(50-42)47-26-12-15-33(77(63,64)71-3)31(21-26)52-54-38-34(78(65,66)72-4)19-23-18-24(22-75(58,59)60)37(39(55)35(23)36(38)45)53-51-30-14-13-28-29(40(30)79(67,68)73-5)10-7-11-32(28)76(61,62)70-2/h6-15,18-21,55H,16-17,22,45H2,1-5H3,(H,58,59,60)(H2,46,47,48,49,50). The monoisotopic (exact) mass is 1230 g/mol. The van der Waals surface area contributed by atoms with Crippen molar-refractivity contribution >= 4 is 145 Å². The fraction of sp³-hybridized carbons (Fsp3) is 0.186. The number of anilines is 5. The molecule has 6 aromatic carbocycles. The van der Waals surface area contributed by atoms with E-state index < -0.39 is 131 Å². The Balaban J connectivity index is 1.37. The Morgan fingerprint density at radius 3 is 1.80 bits per heavy atom. The molecule has 1 aromatic heterocycles. The molecule has 0 spiro atoms. The van der Waals surface area contributed by atoms with Gasteiger partial charge >= 0.3 is 0 Å². The molecule has 0 radical (unpaired) electrons. The molecule has 0 bridgehead atoms. The third-order valence-electron chi connectivity index (χ3n) is 11.0. The largest absolute Gasteiger partial charge is 0.505 e. The number of nitrogens with two attached hydrogens (primary N) is 1. The number of ether oxygens (including phenoxy) is 1. The highest BCUT2D eigenvalue weighted by Gasteiger charge is 2.30. The number of benzene rings is 6. The van der Waals surface area contributed by atoms with E-state index in [9.17, 15) is 60.2 Å². The van der Waals surface area contributed by atoms with Gasteiger partial charge in [-0.2, -0.15) is 57.0 Å². The molecule has 0 saturated carbocycles. The predicted octanol–water partition coefficient (Wildman–Crippen LogP) is 6.59. The molecule has 7 rings (SSSR count). The van der Waals surface area contributed by atoms with E-state index in [1.54, 1.807) is 0 Å². The minimum Gasteiger partial charge on any atom is -0.505 e. The normalized spacial score (nSPS) is 13.0. The van der Waals surface area contributed by atoms with Crippen LogP contribution in [0.15, 0.2) is 130 Å². The van der Waals surface area contributed by atoms with Gasteiger partial charge in [0.05, 0.1) is 56.8 Å². The van der Waals surface area contributed by atoms with Gasteiger partial charge in [0.2, 0.25) is 17.2 Å². The van der Waals surface area contributed by atoms with E-state index >= 15 is 0 Å². The van der Waals surface area contributed by atoms with Crippen LogP contribution in [0, 0.1) is 0 Å². The number of phenolic OH excluding ortho intramolecular Hbond substituents is 1. The first kappa shape index (κ1) is 59.7. The van der Waals surface area contributed by atoms with E-state index in [-0.39, 0.29) is 62.0 Å². The molecule has 1 heterocycles. The average Bonchev–Trinajstić information content (AvgIpc) is 3.59. The third kappa shape index (κ3) is 13.0. The van der Waals surface area contributed by atoms with E-state index in [2.05, 4.69) is 50.2 Å². The van der Waals surface area contributed by atoms with Crippen LogP contribution in [-0.2, 0) is 87.6 Å². The van der Waals surface area contributed by atoms with Gasteiger partial charge < -0.3 is 26.2 Å². The lowest BCUT2D eigenvalue weighted by Gasteiger charge is -2.16. The van der Waals surface area contributed by atoms with Crippen molar-refractivity contribution in [1.82, 2.24) is 15.0 Å². The van der Waals surface area contributed by atoms with Gasteiger partial charge in [-0.3, -0.25) is 21.3 Å². The van der Waals surface area contributed by atoms with Crippen molar-refractivity contribution in [3.8, 4) is 5.75 Å². The molecule has 6 N–H and O–H groups in total. The SMILES string of the molecule is COCCS(=O)(=O)c1cccc(Nc2nc(Cl)nc(Nc3ccc(S(=O)(=O)OC)c(N=Nc4c(S(=O)(=O)OC)cc5cc(CS(=O)(=O)O)c(N=Nc6ccc7c(S(=O)(=O)OC)cccc7c6S(=O)(=O)OC)c(O)c5c4N)c3)n2)c1. The number of aromatic hydroxyl groups is 1. The van der Waals surface area contributed by atoms with E-state index in [0.29, 0.717) is 0 Å². The Bertz CT molecular complexity index is 4380. The number of nitrogen functional groups attached to an aromatic ring is 1. The molecule has 0 aliphatic rings. The van der Waals surface area contributed by atoms with Crippen molar-refractivity contribution in [2.24, 2.45) is 20.5 Å². The zero-order valence-corrected chi connectivity index (χ0v) is 46.7. The van der Waals surface area contributed by atoms with Crippen LogP contribution < -0.4 is 16.4 Å². The third-order valence-corrected chi connectivity index (χ3v) is 18.8. The highest BCUT2D eigenvalue weighted by atomic mass is 35.5. The highest BCUT2D eigenvalue weighted by molar-refractivity contribution is 7.91. The first-order chi connectivity index (χ1) is 37.0. The van der Waals surface area contributed by atoms with Gasteiger partial charge in [0, 0.05) is 34.8 Å². The summed E-state index contributed by atoms with van der Waals surface area (Å²) >= 11 is 6.22. The Labute approximate surface area is 455 Å². The number of methoxy groups -OCH3 is 1. The summed E-state index contributed by atoms with van der Waals surface area (Å²) in [4.78, 5) is 9.50. The van der Waals surface area contributed by atoms with Gasteiger partial charge in [0.25, 0.3) is 50.6 Å². The van der Waals surface area contributed by atoms with Crippen molar-refractivity contribution in [3.05, 3.63) is 95.8 Å². The number of hydrogen-bond donors (Lipinski definition) is 5. The molecular formula is C43H41ClN10O19S6. The second kappa shape index (κ2) is 23.0. The minimum atomic E-state index is -5.03. The Kier molecular flexibility index (Phi) is 17.4. The number of nitrogens with one attached hydrogen (secondary N) is 2. The second-order valence-corrected chi connectivity index (χ2v) is 26.5. The molecule has 36 heteroatoms. The van der Waals surface area contributed by atoms with Crippen LogP contribution in [-0.4, -0.2) is 123 Å². The number of hydrogen-bond acceptors (Lipinski definition) is 28. The molecule has 0 unspecified atom stereocenters. The zero-order valence-electron chi connectivity index (χ0n) is 41.1. The molecule has 0 atom stereocenters. The smallest absolute Gasteiger partial charge is 0.299 e. The van der Waals surface area contributed by atoms with Crippen molar-refractivity contribution in [3.63, 3.8) is 0 Å². The Morgan fingerprint density at radius 1 is 0.595 bits per heavy atom. The quantitative estimate of drug-likeness (QED) is 0.0207. The molecule has 420 valence electrons. The summed E-state index contributed by atoms with van der Waals surface area (Å²) in [6.07, 6.45) is 0. The van der Waals surface area contributed by atoms with Crippen molar-refractivity contribution in [2.45, 2.75) is 30.2 Å². The number of fused-ring (bicyclic) bond motifs is 2. The lowest BCUT2D eigenvalue weighted by molar-refractivity contribution is 0.217. The first-order valence-electron chi connectivity index (χ1n) is 21.6. The second-order valence-electron chi connectivity index (χ2n) is 15.9. The summed E-state index contributed by atoms with van der Waals surface area (Å²) in [6, 6.07) is 16.4. The van der Waals surface area contributed by atoms with Gasteiger partial charge in [0.1, 0.15) is 48.1 Å². The Hall–Kier alpha value is -7.00. The summed E-state index contributed by atoms with van der Waals surface area (Å²) in [7, 11) is -23.0. The van der Waals surface area contributed by atoms with Gasteiger partial charge in [-0.15, -0.1) is 20.5 Å². The number of halogens is 1. The molecule has 0 aliphatic heterocycles. The minimum absolute atomic E-state index is 0.0213. The maximum atomic E-state index is 13.6. The fourth-order valence-corrected chi connectivity index (χ4v) is 12.8. The van der Waals surface area contributed by atoms with E-state index in [1.165, 1.54) is 49.6 Å². The summed E-state index contributed by atoms with van der Waals surface area (Å²) in [6.45, 7) is -0.0526. The molecule has 0 fully saturated rings. The first-order valence-corrected chi connectivity index (χ1v) is 30.9. The molecule has 0 saturated heterocycles. The number of azo groups is 2. The summed E-state index contributed by atoms with van der Waals surface area (Å²) < 4.78 is 190. The summed E-state index contributed by atoms with van der Waals surface area (Å²) in [5, 5.41) is 31.8. The van der Waals surface area contributed by atoms with Crippen LogP contribution in [0.3, 0.4) is 0 Å². The van der Waals surface area contributed by atoms with E-state index in [1.807, 2.05) is 0 Å². The number of rotatable bonds is 22. The number of aromatic nitrogens is 3. The van der Waals surface area contributed by atoms with Crippen LogP contribution in [0.25, 0.3) is 21.5 Å². The molecule has 79 heavy (non-hydrogen) atoms. The van der Waals surface area contributed by atoms with E-state index in [4.69, 9.17) is 34.6 Å². The number of phenols is 1. The van der Waals surface area contributed by atoms with Crippen LogP contribution in [0.2, 0.25) is 5.28 Å². The predicted molar refractivity (Wildman–Crippen MR) is 283 cm³/mol. The lowest BCUT2D eigenvalue weighted by Crippen LogP contribution is -2.11. The van der Waals surface area contributed by atoms with Gasteiger partial charge in [0.15, 0.2) is 15.6 Å². The maximum Gasteiger partial charge on any atom is 0.299 e. The maximum absolute atomic E-state index is 13.6. The summed E-state index contributed by atoms with van der Waals surface area (Å²) in [5.41, 5.74) is 2.69. The van der Waals surface area contributed by atoms with Crippen LogP contribution in [0.5, 0.6) is 5.75 Å². The van der Waals surface area contributed by atoms with Gasteiger partial charge in [-0.25, -0.2) is 8.42 Å². The van der Waals surface area contributed by atoms with Crippen LogP contribution in [0.4, 0.5) is 51.7 Å². The molecular weight excluding hydrogens is 1190 g/mol. The zero-order chi connectivity index (χ0) is 58.0. The topological polar surface area (TPSA) is 430 Å². The van der Waals surface area contributed by atoms with Crippen molar-refractivity contribution in [2.75, 3.05) is 64.3 Å². The lowest BCUT2D eigenvalue weighted by atomic mass is 10.0. The van der Waals surface area contributed by atoms with Crippen molar-refractivity contribution in [1.29, 1.82) is 0 Å². The van der Waals surface area contributed by atoms with Crippen LogP contribution >= 0.6 is 11.6 Å². The molecule has 29 nitrogen and oxygen atoms in total. The fourth-order valence-electron chi connectivity index (χ4n) is 7.40. The molecule has 0 amide bonds. The van der Waals surface area contributed by atoms with Gasteiger partial charge in [-0.1, -0.05) is 24.3 Å². The molecule has 0 aliphatic carbocycles. The number of nitrogens with zero attached hydrogens (tertiary/aromatic N) is 7. The highest BCUT2D eigenvalue weighted by Crippen LogP contribution is 2.49.